The Morgan fingerprint density at radius 2 is 2.29 bits per heavy atom. The molecule has 1 amide bonds. The van der Waals surface area contributed by atoms with Crippen LogP contribution in [0.5, 0.6) is 0 Å². The van der Waals surface area contributed by atoms with Crippen LogP contribution in [-0.4, -0.2) is 18.2 Å². The molecule has 0 fully saturated rings. The maximum absolute atomic E-state index is 11.5. The van der Waals surface area contributed by atoms with Crippen LogP contribution in [0.3, 0.4) is 0 Å². The average molecular weight is 255 g/mol. The van der Waals surface area contributed by atoms with Crippen molar-refractivity contribution in [1.29, 1.82) is 0 Å². The van der Waals surface area contributed by atoms with Crippen molar-refractivity contribution in [3.8, 4) is 0 Å². The predicted octanol–water partition coefficient (Wildman–Crippen LogP) is 1.73. The lowest BCUT2D eigenvalue weighted by atomic mass is 10.2. The Hall–Kier alpha value is -1.69. The van der Waals surface area contributed by atoms with E-state index in [9.17, 15) is 14.4 Å². The number of ketones is 1. The quantitative estimate of drug-likeness (QED) is 0.595. The summed E-state index contributed by atoms with van der Waals surface area (Å²) in [5.41, 5.74) is 0.722. The van der Waals surface area contributed by atoms with E-state index in [2.05, 4.69) is 10.1 Å². The van der Waals surface area contributed by atoms with Gasteiger partial charge in [-0.15, -0.1) is 11.3 Å². The second-order valence-corrected chi connectivity index (χ2v) is 4.22. The third-order valence-corrected chi connectivity index (χ3v) is 2.93. The van der Waals surface area contributed by atoms with Crippen LogP contribution in [-0.2, 0) is 25.7 Å². The minimum Gasteiger partial charge on any atom is -0.463 e. The second kappa shape index (κ2) is 6.80. The zero-order chi connectivity index (χ0) is 12.7. The fourth-order valence-corrected chi connectivity index (χ4v) is 1.98. The lowest BCUT2D eigenvalue weighted by Gasteiger charge is -2.04. The third kappa shape index (κ3) is 4.36. The SMILES string of the molecule is CCC(=O)CC(=O)Nc1sccc1COC=O. The Balaban J connectivity index is 2.55. The van der Waals surface area contributed by atoms with Crippen LogP contribution in [0.1, 0.15) is 25.3 Å². The van der Waals surface area contributed by atoms with Crippen molar-refractivity contribution in [2.24, 2.45) is 0 Å². The first kappa shape index (κ1) is 13.4. The zero-order valence-corrected chi connectivity index (χ0v) is 10.2. The Morgan fingerprint density at radius 3 is 2.94 bits per heavy atom. The van der Waals surface area contributed by atoms with Crippen LogP contribution in [0.4, 0.5) is 5.00 Å². The summed E-state index contributed by atoms with van der Waals surface area (Å²) in [5.74, 6) is -0.448. The zero-order valence-electron chi connectivity index (χ0n) is 9.39. The number of hydrogen-bond acceptors (Lipinski definition) is 5. The average Bonchev–Trinajstić information content (AvgIpc) is 2.73. The van der Waals surface area contributed by atoms with Crippen molar-refractivity contribution in [2.75, 3.05) is 5.32 Å². The normalized spacial score (nSPS) is 9.71. The third-order valence-electron chi connectivity index (χ3n) is 2.06. The van der Waals surface area contributed by atoms with Crippen molar-refractivity contribution in [1.82, 2.24) is 0 Å². The molecule has 0 aromatic carbocycles. The molecular formula is C11H13NO4S. The van der Waals surface area contributed by atoms with Crippen molar-refractivity contribution in [2.45, 2.75) is 26.4 Å². The topological polar surface area (TPSA) is 72.5 Å². The first-order valence-corrected chi connectivity index (χ1v) is 5.98. The molecule has 6 heteroatoms. The van der Waals surface area contributed by atoms with E-state index in [0.29, 0.717) is 17.9 Å². The summed E-state index contributed by atoms with van der Waals surface area (Å²) in [4.78, 5) is 32.6. The summed E-state index contributed by atoms with van der Waals surface area (Å²) >= 11 is 1.32. The molecule has 0 aliphatic heterocycles. The molecule has 1 rings (SSSR count). The minimum absolute atomic E-state index is 0.107. The summed E-state index contributed by atoms with van der Waals surface area (Å²) in [6, 6.07) is 1.76. The number of carbonyl (C=O) groups excluding carboxylic acids is 3. The van der Waals surface area contributed by atoms with E-state index >= 15 is 0 Å². The molecule has 1 N–H and O–H groups in total. The Bertz CT molecular complexity index is 413. The molecule has 1 heterocycles. The lowest BCUT2D eigenvalue weighted by Crippen LogP contribution is -2.16. The van der Waals surface area contributed by atoms with Gasteiger partial charge in [0, 0.05) is 12.0 Å². The van der Waals surface area contributed by atoms with Gasteiger partial charge in [0.2, 0.25) is 5.91 Å². The number of hydrogen-bond donors (Lipinski definition) is 1. The molecule has 0 saturated carbocycles. The molecule has 0 atom stereocenters. The molecule has 17 heavy (non-hydrogen) atoms. The van der Waals surface area contributed by atoms with E-state index in [1.807, 2.05) is 0 Å². The molecule has 92 valence electrons. The largest absolute Gasteiger partial charge is 0.463 e. The maximum atomic E-state index is 11.5. The molecule has 0 unspecified atom stereocenters. The maximum Gasteiger partial charge on any atom is 0.293 e. The number of carbonyl (C=O) groups is 3. The van der Waals surface area contributed by atoms with E-state index in [0.717, 1.165) is 5.56 Å². The van der Waals surface area contributed by atoms with Crippen LogP contribution < -0.4 is 5.32 Å². The first-order valence-electron chi connectivity index (χ1n) is 5.10. The smallest absolute Gasteiger partial charge is 0.293 e. The van der Waals surface area contributed by atoms with Crippen LogP contribution in [0.2, 0.25) is 0 Å². The molecule has 0 saturated heterocycles. The number of nitrogens with one attached hydrogen (secondary N) is 1. The van der Waals surface area contributed by atoms with Gasteiger partial charge in [0.1, 0.15) is 17.4 Å². The van der Waals surface area contributed by atoms with E-state index in [4.69, 9.17) is 0 Å². The summed E-state index contributed by atoms with van der Waals surface area (Å²) in [6.07, 6.45) is 0.224. The summed E-state index contributed by atoms with van der Waals surface area (Å²) in [7, 11) is 0. The van der Waals surface area contributed by atoms with Crippen molar-refractivity contribution in [3.63, 3.8) is 0 Å². The van der Waals surface area contributed by atoms with Gasteiger partial charge >= 0.3 is 0 Å². The van der Waals surface area contributed by atoms with Gasteiger partial charge < -0.3 is 10.1 Å². The molecule has 0 bridgehead atoms. The highest BCUT2D eigenvalue weighted by molar-refractivity contribution is 7.14. The van der Waals surface area contributed by atoms with Gasteiger partial charge in [-0.3, -0.25) is 14.4 Å². The highest BCUT2D eigenvalue weighted by Crippen LogP contribution is 2.23. The molecule has 0 radical (unpaired) electrons. The number of ether oxygens (including phenoxy) is 1. The van der Waals surface area contributed by atoms with Crippen molar-refractivity contribution in [3.05, 3.63) is 17.0 Å². The monoisotopic (exact) mass is 255 g/mol. The van der Waals surface area contributed by atoms with E-state index < -0.39 is 0 Å². The van der Waals surface area contributed by atoms with Gasteiger partial charge in [0.15, 0.2) is 0 Å². The molecular weight excluding hydrogens is 242 g/mol. The predicted molar refractivity (Wildman–Crippen MR) is 63.7 cm³/mol. The molecule has 0 aliphatic rings. The summed E-state index contributed by atoms with van der Waals surface area (Å²) in [5, 5.41) is 5.02. The number of anilines is 1. The number of Topliss-reactive ketones (excluding diaryl/α,β-unsaturated/α-hetero) is 1. The van der Waals surface area contributed by atoms with Gasteiger partial charge in [-0.25, -0.2) is 0 Å². The Labute approximate surface area is 103 Å². The van der Waals surface area contributed by atoms with E-state index in [1.165, 1.54) is 11.3 Å². The van der Waals surface area contributed by atoms with Crippen LogP contribution >= 0.6 is 11.3 Å². The van der Waals surface area contributed by atoms with Crippen LogP contribution in [0, 0.1) is 0 Å². The molecule has 0 spiro atoms. The lowest BCUT2D eigenvalue weighted by molar-refractivity contribution is -0.129. The second-order valence-electron chi connectivity index (χ2n) is 3.30. The highest BCUT2D eigenvalue weighted by atomic mass is 32.1. The van der Waals surface area contributed by atoms with Gasteiger partial charge in [-0.1, -0.05) is 6.92 Å². The Kier molecular flexibility index (Phi) is 5.35. The minimum atomic E-state index is -0.341. The standard InChI is InChI=1S/C11H13NO4S/c1-2-9(14)5-10(15)12-11-8(3-4-17-11)6-16-7-13/h3-4,7H,2,5-6H2,1H3,(H,12,15). The van der Waals surface area contributed by atoms with Gasteiger partial charge in [0.05, 0.1) is 6.42 Å². The van der Waals surface area contributed by atoms with Gasteiger partial charge in [-0.2, -0.15) is 0 Å². The molecule has 1 aromatic rings. The molecule has 0 aliphatic carbocycles. The summed E-state index contributed by atoms with van der Waals surface area (Å²) in [6.45, 7) is 2.18. The fourth-order valence-electron chi connectivity index (χ4n) is 1.16. The van der Waals surface area contributed by atoms with Crippen molar-refractivity contribution < 1.29 is 19.1 Å². The molecule has 5 nitrogen and oxygen atoms in total. The summed E-state index contributed by atoms with van der Waals surface area (Å²) < 4.78 is 4.61. The Morgan fingerprint density at radius 1 is 1.53 bits per heavy atom. The van der Waals surface area contributed by atoms with Crippen molar-refractivity contribution >= 4 is 34.5 Å². The molecule has 1 aromatic heterocycles. The van der Waals surface area contributed by atoms with E-state index in [1.54, 1.807) is 18.4 Å². The van der Waals surface area contributed by atoms with E-state index in [-0.39, 0.29) is 24.7 Å². The van der Waals surface area contributed by atoms with Gasteiger partial charge in [0.25, 0.3) is 6.47 Å². The number of rotatable bonds is 7. The number of amides is 1. The number of thiophene rings is 1. The van der Waals surface area contributed by atoms with Crippen LogP contribution in [0.15, 0.2) is 11.4 Å². The van der Waals surface area contributed by atoms with Crippen LogP contribution in [0.25, 0.3) is 0 Å². The highest BCUT2D eigenvalue weighted by Gasteiger charge is 2.11. The first-order chi connectivity index (χ1) is 8.17. The van der Waals surface area contributed by atoms with Gasteiger partial charge in [-0.05, 0) is 11.4 Å². The fraction of sp³-hybridized carbons (Fsp3) is 0.364.